The van der Waals surface area contributed by atoms with E-state index in [9.17, 15) is 4.79 Å². The molecule has 0 radical (unpaired) electrons. The summed E-state index contributed by atoms with van der Waals surface area (Å²) in [6, 6.07) is 8.38. The van der Waals surface area contributed by atoms with Crippen LogP contribution in [0.4, 0.5) is 0 Å². The summed E-state index contributed by atoms with van der Waals surface area (Å²) in [5.41, 5.74) is 2.37. The summed E-state index contributed by atoms with van der Waals surface area (Å²) in [4.78, 5) is 12.2. The lowest BCUT2D eigenvalue weighted by molar-refractivity contribution is -0.146. The first-order valence-electron chi connectivity index (χ1n) is 8.52. The van der Waals surface area contributed by atoms with E-state index >= 15 is 0 Å². The maximum absolute atomic E-state index is 12.2. The summed E-state index contributed by atoms with van der Waals surface area (Å²) >= 11 is 0. The quantitative estimate of drug-likeness (QED) is 0.797. The predicted molar refractivity (Wildman–Crippen MR) is 97.2 cm³/mol. The molecular formula is C19H30ClNO2. The van der Waals surface area contributed by atoms with Gasteiger partial charge in [-0.2, -0.15) is 0 Å². The smallest absolute Gasteiger partial charge is 0.313 e. The van der Waals surface area contributed by atoms with Crippen molar-refractivity contribution < 1.29 is 9.53 Å². The molecule has 4 heteroatoms. The summed E-state index contributed by atoms with van der Waals surface area (Å²) < 4.78 is 5.51. The molecular weight excluding hydrogens is 310 g/mol. The van der Waals surface area contributed by atoms with Crippen LogP contribution in [0.25, 0.3) is 0 Å². The van der Waals surface area contributed by atoms with Crippen LogP contribution < -0.4 is 5.32 Å². The van der Waals surface area contributed by atoms with E-state index in [1.54, 1.807) is 0 Å². The Kier molecular flexibility index (Phi) is 8.64. The Morgan fingerprint density at radius 3 is 2.52 bits per heavy atom. The minimum Gasteiger partial charge on any atom is -0.465 e. The molecule has 2 atom stereocenters. The van der Waals surface area contributed by atoms with Crippen LogP contribution in [0.15, 0.2) is 24.3 Å². The van der Waals surface area contributed by atoms with E-state index in [2.05, 4.69) is 43.4 Å². The number of carbonyl (C=O) groups is 1. The number of piperidine rings is 1. The lowest BCUT2D eigenvalue weighted by Crippen LogP contribution is -2.33. The van der Waals surface area contributed by atoms with E-state index in [1.165, 1.54) is 12.0 Å². The third-order valence-corrected chi connectivity index (χ3v) is 4.34. The molecule has 130 valence electrons. The highest BCUT2D eigenvalue weighted by molar-refractivity contribution is 5.85. The molecule has 1 saturated heterocycles. The third kappa shape index (κ3) is 6.52. The number of halogens is 1. The lowest BCUT2D eigenvalue weighted by atomic mass is 9.96. The number of nitrogens with one attached hydrogen (secondary N) is 1. The van der Waals surface area contributed by atoms with Crippen molar-refractivity contribution in [2.45, 2.75) is 46.0 Å². The second-order valence-corrected chi connectivity index (χ2v) is 6.90. The van der Waals surface area contributed by atoms with Crippen molar-refractivity contribution >= 4 is 18.4 Å². The van der Waals surface area contributed by atoms with Crippen LogP contribution in [0.2, 0.25) is 0 Å². The SMILES string of the molecule is CC(C)Cc1ccc(C(C)C(=O)OCC2CCCNC2)cc1.Cl. The Morgan fingerprint density at radius 1 is 1.26 bits per heavy atom. The molecule has 0 spiro atoms. The van der Waals surface area contributed by atoms with Gasteiger partial charge >= 0.3 is 5.97 Å². The van der Waals surface area contributed by atoms with Gasteiger partial charge in [0.2, 0.25) is 0 Å². The topological polar surface area (TPSA) is 38.3 Å². The Hall–Kier alpha value is -1.06. The van der Waals surface area contributed by atoms with E-state index in [0.717, 1.165) is 31.5 Å². The van der Waals surface area contributed by atoms with E-state index in [-0.39, 0.29) is 24.3 Å². The molecule has 1 aliphatic rings. The Labute approximate surface area is 146 Å². The molecule has 1 N–H and O–H groups in total. The number of benzene rings is 1. The lowest BCUT2D eigenvalue weighted by Gasteiger charge is -2.23. The molecule has 2 unspecified atom stereocenters. The molecule has 1 fully saturated rings. The summed E-state index contributed by atoms with van der Waals surface area (Å²) in [5.74, 6) is 0.822. The fourth-order valence-corrected chi connectivity index (χ4v) is 2.94. The van der Waals surface area contributed by atoms with Crippen LogP contribution >= 0.6 is 12.4 Å². The van der Waals surface area contributed by atoms with Gasteiger partial charge in [-0.15, -0.1) is 12.4 Å². The molecule has 0 aromatic heterocycles. The Balaban J connectivity index is 0.00000264. The van der Waals surface area contributed by atoms with Crippen molar-refractivity contribution in [3.05, 3.63) is 35.4 Å². The van der Waals surface area contributed by atoms with Crippen molar-refractivity contribution in [1.82, 2.24) is 5.32 Å². The molecule has 3 nitrogen and oxygen atoms in total. The van der Waals surface area contributed by atoms with Gasteiger partial charge in [0.15, 0.2) is 0 Å². The van der Waals surface area contributed by atoms with Crippen LogP contribution in [-0.4, -0.2) is 25.7 Å². The normalized spacial score (nSPS) is 19.0. The minimum atomic E-state index is -0.190. The monoisotopic (exact) mass is 339 g/mol. The van der Waals surface area contributed by atoms with Crippen molar-refractivity contribution in [2.24, 2.45) is 11.8 Å². The highest BCUT2D eigenvalue weighted by Crippen LogP contribution is 2.20. The van der Waals surface area contributed by atoms with Gasteiger partial charge in [-0.1, -0.05) is 38.1 Å². The number of esters is 1. The first-order valence-corrected chi connectivity index (χ1v) is 8.52. The molecule has 0 bridgehead atoms. The second-order valence-electron chi connectivity index (χ2n) is 6.90. The molecule has 1 aromatic carbocycles. The molecule has 2 rings (SSSR count). The largest absolute Gasteiger partial charge is 0.465 e. The van der Waals surface area contributed by atoms with Crippen LogP contribution in [-0.2, 0) is 16.0 Å². The molecule has 1 aliphatic heterocycles. The third-order valence-electron chi connectivity index (χ3n) is 4.34. The van der Waals surface area contributed by atoms with Crippen LogP contribution in [0, 0.1) is 11.8 Å². The van der Waals surface area contributed by atoms with Gasteiger partial charge in [0.25, 0.3) is 0 Å². The van der Waals surface area contributed by atoms with Crippen LogP contribution in [0.5, 0.6) is 0 Å². The van der Waals surface area contributed by atoms with Gasteiger partial charge < -0.3 is 10.1 Å². The predicted octanol–water partition coefficient (Wildman–Crippen LogP) is 3.95. The fraction of sp³-hybridized carbons (Fsp3) is 0.632. The molecule has 0 aliphatic carbocycles. The second kappa shape index (κ2) is 9.94. The van der Waals surface area contributed by atoms with Crippen molar-refractivity contribution in [2.75, 3.05) is 19.7 Å². The van der Waals surface area contributed by atoms with Gasteiger partial charge in [-0.3, -0.25) is 4.79 Å². The standard InChI is InChI=1S/C19H29NO2.ClH/c1-14(2)11-16-6-8-18(9-7-16)15(3)19(21)22-13-17-5-4-10-20-12-17;/h6-9,14-15,17,20H,4-5,10-13H2,1-3H3;1H. The zero-order chi connectivity index (χ0) is 15.9. The summed E-state index contributed by atoms with van der Waals surface area (Å²) in [5, 5.41) is 3.35. The van der Waals surface area contributed by atoms with E-state index in [0.29, 0.717) is 18.4 Å². The summed E-state index contributed by atoms with van der Waals surface area (Å²) in [7, 11) is 0. The van der Waals surface area contributed by atoms with Gasteiger partial charge in [-0.05, 0) is 49.8 Å². The van der Waals surface area contributed by atoms with Crippen molar-refractivity contribution in [3.8, 4) is 0 Å². The highest BCUT2D eigenvalue weighted by Gasteiger charge is 2.20. The average molecular weight is 340 g/mol. The van der Waals surface area contributed by atoms with Gasteiger partial charge in [0.05, 0.1) is 12.5 Å². The number of hydrogen-bond donors (Lipinski definition) is 1. The van der Waals surface area contributed by atoms with Gasteiger partial charge in [-0.25, -0.2) is 0 Å². The van der Waals surface area contributed by atoms with Crippen LogP contribution in [0.1, 0.15) is 50.7 Å². The number of hydrogen-bond acceptors (Lipinski definition) is 3. The summed E-state index contributed by atoms with van der Waals surface area (Å²) in [6.07, 6.45) is 3.40. The Bertz CT molecular complexity index is 467. The zero-order valence-electron chi connectivity index (χ0n) is 14.5. The maximum atomic E-state index is 12.2. The number of rotatable bonds is 6. The molecule has 0 saturated carbocycles. The van der Waals surface area contributed by atoms with E-state index in [1.807, 2.05) is 6.92 Å². The fourth-order valence-electron chi connectivity index (χ4n) is 2.94. The number of carbonyl (C=O) groups excluding carboxylic acids is 1. The first kappa shape index (κ1) is 20.0. The minimum absolute atomic E-state index is 0. The van der Waals surface area contributed by atoms with E-state index < -0.39 is 0 Å². The molecule has 1 heterocycles. The molecule has 0 amide bonds. The van der Waals surface area contributed by atoms with Gasteiger partial charge in [0, 0.05) is 12.5 Å². The average Bonchev–Trinajstić information content (AvgIpc) is 2.53. The molecule has 23 heavy (non-hydrogen) atoms. The maximum Gasteiger partial charge on any atom is 0.313 e. The number of ether oxygens (including phenoxy) is 1. The van der Waals surface area contributed by atoms with Gasteiger partial charge in [0.1, 0.15) is 0 Å². The molecule has 1 aromatic rings. The first-order chi connectivity index (χ1) is 10.6. The van der Waals surface area contributed by atoms with Crippen LogP contribution in [0.3, 0.4) is 0 Å². The van der Waals surface area contributed by atoms with E-state index in [4.69, 9.17) is 4.74 Å². The Morgan fingerprint density at radius 2 is 1.96 bits per heavy atom. The van der Waals surface area contributed by atoms with Crippen molar-refractivity contribution in [3.63, 3.8) is 0 Å². The van der Waals surface area contributed by atoms with Crippen molar-refractivity contribution in [1.29, 1.82) is 0 Å². The summed E-state index contributed by atoms with van der Waals surface area (Å²) in [6.45, 7) is 8.96. The highest BCUT2D eigenvalue weighted by atomic mass is 35.5. The zero-order valence-corrected chi connectivity index (χ0v) is 15.3.